The van der Waals surface area contributed by atoms with Crippen LogP contribution in [0.15, 0.2) is 12.2 Å². The molecular weight excluding hydrogens is 194 g/mol. The Balaban J connectivity index is 2.56. The van der Waals surface area contributed by atoms with Crippen LogP contribution in [-0.2, 0) is 9.53 Å². The lowest BCUT2D eigenvalue weighted by Gasteiger charge is -2.20. The Bertz CT molecular complexity index is 273. The van der Waals surface area contributed by atoms with E-state index in [2.05, 4.69) is 0 Å². The Labute approximate surface area is 89.9 Å². The highest BCUT2D eigenvalue weighted by Gasteiger charge is 2.27. The van der Waals surface area contributed by atoms with Gasteiger partial charge in [0.2, 0.25) is 0 Å². The number of hydrogen-bond donors (Lipinski definition) is 0. The Morgan fingerprint density at radius 3 is 2.87 bits per heavy atom. The lowest BCUT2D eigenvalue weighted by molar-refractivity contribution is -0.112. The van der Waals surface area contributed by atoms with E-state index >= 15 is 0 Å². The van der Waals surface area contributed by atoms with Crippen LogP contribution in [0, 0.1) is 0 Å². The first-order chi connectivity index (χ1) is 7.15. The molecule has 1 aliphatic rings. The van der Waals surface area contributed by atoms with Gasteiger partial charge in [-0.15, -0.1) is 0 Å². The fourth-order valence-electron chi connectivity index (χ4n) is 1.67. The molecule has 4 nitrogen and oxygen atoms in total. The van der Waals surface area contributed by atoms with Gasteiger partial charge in [0.05, 0.1) is 12.6 Å². The number of carbonyl (C=O) groups excluding carboxylic acids is 2. The number of ketones is 1. The number of rotatable bonds is 3. The topological polar surface area (TPSA) is 46.6 Å². The normalized spacial score (nSPS) is 20.9. The highest BCUT2D eigenvalue weighted by molar-refractivity contribution is 5.87. The molecule has 1 atom stereocenters. The predicted octanol–water partition coefficient (Wildman–Crippen LogP) is 1.75. The summed E-state index contributed by atoms with van der Waals surface area (Å²) < 4.78 is 4.93. The lowest BCUT2D eigenvalue weighted by Crippen LogP contribution is -2.34. The molecule has 0 aliphatic carbocycles. The van der Waals surface area contributed by atoms with Crippen LogP contribution in [0.4, 0.5) is 4.79 Å². The van der Waals surface area contributed by atoms with Crippen molar-refractivity contribution >= 4 is 11.9 Å². The first-order valence-electron chi connectivity index (χ1n) is 5.27. The van der Waals surface area contributed by atoms with Crippen LogP contribution < -0.4 is 0 Å². The van der Waals surface area contributed by atoms with Gasteiger partial charge in [-0.05, 0) is 32.8 Å². The van der Waals surface area contributed by atoms with Gasteiger partial charge in [-0.1, -0.05) is 6.08 Å². The molecule has 0 N–H and O–H groups in total. The number of likely N-dealkylation sites (tertiary alicyclic amines) is 1. The van der Waals surface area contributed by atoms with Crippen LogP contribution in [0.5, 0.6) is 0 Å². The summed E-state index contributed by atoms with van der Waals surface area (Å²) in [5, 5.41) is 0. The van der Waals surface area contributed by atoms with Gasteiger partial charge >= 0.3 is 6.09 Å². The average Bonchev–Trinajstić information content (AvgIpc) is 2.62. The van der Waals surface area contributed by atoms with Gasteiger partial charge in [0.15, 0.2) is 5.78 Å². The molecule has 1 aliphatic heterocycles. The Morgan fingerprint density at radius 1 is 1.53 bits per heavy atom. The number of allylic oxidation sites excluding steroid dienone is 1. The van der Waals surface area contributed by atoms with Gasteiger partial charge < -0.3 is 9.64 Å². The fourth-order valence-corrected chi connectivity index (χ4v) is 1.67. The molecule has 4 heteroatoms. The smallest absolute Gasteiger partial charge is 0.410 e. The third-order valence-corrected chi connectivity index (χ3v) is 2.35. The molecule has 0 bridgehead atoms. The number of ether oxygens (including phenoxy) is 1. The van der Waals surface area contributed by atoms with Crippen molar-refractivity contribution in [3.8, 4) is 0 Å². The van der Waals surface area contributed by atoms with Gasteiger partial charge in [0.1, 0.15) is 0 Å². The summed E-state index contributed by atoms with van der Waals surface area (Å²) in [5.41, 5.74) is 0. The minimum atomic E-state index is -0.284. The molecule has 1 unspecified atom stereocenters. The minimum absolute atomic E-state index is 0.00529. The summed E-state index contributed by atoms with van der Waals surface area (Å²) in [7, 11) is 0. The predicted molar refractivity (Wildman–Crippen MR) is 56.6 cm³/mol. The molecule has 0 aromatic rings. The van der Waals surface area contributed by atoms with Gasteiger partial charge in [0.25, 0.3) is 0 Å². The number of nitrogens with zero attached hydrogens (tertiary/aromatic N) is 1. The molecule has 1 rings (SSSR count). The van der Waals surface area contributed by atoms with Crippen molar-refractivity contribution in [1.29, 1.82) is 0 Å². The van der Waals surface area contributed by atoms with Crippen molar-refractivity contribution in [1.82, 2.24) is 4.90 Å². The van der Waals surface area contributed by atoms with Crippen LogP contribution in [-0.4, -0.2) is 36.0 Å². The van der Waals surface area contributed by atoms with Crippen molar-refractivity contribution in [3.05, 3.63) is 12.2 Å². The minimum Gasteiger partial charge on any atom is -0.450 e. The van der Waals surface area contributed by atoms with Crippen molar-refractivity contribution in [2.24, 2.45) is 0 Å². The van der Waals surface area contributed by atoms with Crippen molar-refractivity contribution in [2.75, 3.05) is 13.2 Å². The third kappa shape index (κ3) is 3.38. The molecule has 0 radical (unpaired) electrons. The molecule has 0 saturated carbocycles. The van der Waals surface area contributed by atoms with Gasteiger partial charge in [0, 0.05) is 6.54 Å². The third-order valence-electron chi connectivity index (χ3n) is 2.35. The summed E-state index contributed by atoms with van der Waals surface area (Å²) in [5.74, 6) is 0.00529. The van der Waals surface area contributed by atoms with E-state index < -0.39 is 0 Å². The first kappa shape index (κ1) is 11.8. The highest BCUT2D eigenvalue weighted by atomic mass is 16.6. The molecule has 1 amide bonds. The van der Waals surface area contributed by atoms with Crippen molar-refractivity contribution < 1.29 is 14.3 Å². The summed E-state index contributed by atoms with van der Waals surface area (Å²) >= 11 is 0. The summed E-state index contributed by atoms with van der Waals surface area (Å²) in [6.07, 6.45) is 4.89. The van der Waals surface area contributed by atoms with Gasteiger partial charge in [-0.2, -0.15) is 0 Å². The molecule has 84 valence electrons. The molecule has 0 aromatic carbocycles. The zero-order chi connectivity index (χ0) is 11.3. The standard InChI is InChI=1S/C11H17NO3/c1-3-15-11(14)12-8-4-5-10(12)7-6-9(2)13/h6-7,10H,3-5,8H2,1-2H3/b7-6+. The second-order valence-corrected chi connectivity index (χ2v) is 3.57. The van der Waals surface area contributed by atoms with Crippen LogP contribution in [0.1, 0.15) is 26.7 Å². The lowest BCUT2D eigenvalue weighted by atomic mass is 10.2. The fraction of sp³-hybridized carbons (Fsp3) is 0.636. The van der Waals surface area contributed by atoms with Gasteiger partial charge in [-0.3, -0.25) is 4.79 Å². The molecule has 0 spiro atoms. The summed E-state index contributed by atoms with van der Waals surface area (Å²) in [6.45, 7) is 4.39. The second kappa shape index (κ2) is 5.53. The van der Waals surface area contributed by atoms with Crippen LogP contribution >= 0.6 is 0 Å². The quantitative estimate of drug-likeness (QED) is 0.668. The molecular formula is C11H17NO3. The molecule has 15 heavy (non-hydrogen) atoms. The van der Waals surface area contributed by atoms with E-state index in [4.69, 9.17) is 4.74 Å². The van der Waals surface area contributed by atoms with E-state index in [1.807, 2.05) is 0 Å². The Morgan fingerprint density at radius 2 is 2.27 bits per heavy atom. The van der Waals surface area contributed by atoms with E-state index in [0.29, 0.717) is 13.2 Å². The van der Waals surface area contributed by atoms with Gasteiger partial charge in [-0.25, -0.2) is 4.79 Å². The average molecular weight is 211 g/mol. The maximum Gasteiger partial charge on any atom is 0.410 e. The van der Waals surface area contributed by atoms with Crippen molar-refractivity contribution in [2.45, 2.75) is 32.7 Å². The largest absolute Gasteiger partial charge is 0.450 e. The zero-order valence-electron chi connectivity index (χ0n) is 9.23. The van der Waals surface area contributed by atoms with E-state index in [-0.39, 0.29) is 17.9 Å². The maximum atomic E-state index is 11.5. The highest BCUT2D eigenvalue weighted by Crippen LogP contribution is 2.19. The van der Waals surface area contributed by atoms with E-state index in [1.54, 1.807) is 17.9 Å². The zero-order valence-corrected chi connectivity index (χ0v) is 9.23. The summed E-state index contributed by atoms with van der Waals surface area (Å²) in [6, 6.07) is 0.0212. The number of amides is 1. The second-order valence-electron chi connectivity index (χ2n) is 3.57. The Hall–Kier alpha value is -1.32. The molecule has 1 heterocycles. The van der Waals surface area contributed by atoms with E-state index in [9.17, 15) is 9.59 Å². The van der Waals surface area contributed by atoms with Crippen LogP contribution in [0.25, 0.3) is 0 Å². The van der Waals surface area contributed by atoms with Crippen LogP contribution in [0.3, 0.4) is 0 Å². The van der Waals surface area contributed by atoms with Crippen molar-refractivity contribution in [3.63, 3.8) is 0 Å². The number of hydrogen-bond acceptors (Lipinski definition) is 3. The molecule has 1 saturated heterocycles. The summed E-state index contributed by atoms with van der Waals surface area (Å²) in [4.78, 5) is 23.9. The van der Waals surface area contributed by atoms with Crippen LogP contribution in [0.2, 0.25) is 0 Å². The first-order valence-corrected chi connectivity index (χ1v) is 5.27. The van der Waals surface area contributed by atoms with E-state index in [0.717, 1.165) is 12.8 Å². The molecule has 0 aromatic heterocycles. The molecule has 1 fully saturated rings. The number of carbonyl (C=O) groups is 2. The maximum absolute atomic E-state index is 11.5. The SMILES string of the molecule is CCOC(=O)N1CCCC1/C=C/C(C)=O. The Kier molecular flexibility index (Phi) is 4.34. The monoisotopic (exact) mass is 211 g/mol. The van der Waals surface area contributed by atoms with E-state index in [1.165, 1.54) is 13.0 Å².